The summed E-state index contributed by atoms with van der Waals surface area (Å²) in [6.45, 7) is 3.02. The zero-order valence-electron chi connectivity index (χ0n) is 10.4. The van der Waals surface area contributed by atoms with E-state index in [4.69, 9.17) is 0 Å². The van der Waals surface area contributed by atoms with Crippen LogP contribution in [0.15, 0.2) is 31.0 Å². The molecule has 0 saturated heterocycles. The van der Waals surface area contributed by atoms with Crippen LogP contribution in [0, 0.1) is 3.57 Å². The van der Waals surface area contributed by atoms with E-state index in [1.807, 2.05) is 23.0 Å². The van der Waals surface area contributed by atoms with E-state index in [1.54, 1.807) is 17.1 Å². The lowest BCUT2D eigenvalue weighted by molar-refractivity contribution is 0.839. The molecule has 0 radical (unpaired) electrons. The summed E-state index contributed by atoms with van der Waals surface area (Å²) in [4.78, 5) is 8.93. The number of nitrogens with zero attached hydrogens (tertiary/aromatic N) is 5. The van der Waals surface area contributed by atoms with Crippen LogP contribution in [0.5, 0.6) is 0 Å². The first-order valence-corrected chi connectivity index (χ1v) is 7.14. The van der Waals surface area contributed by atoms with Crippen molar-refractivity contribution in [3.05, 3.63) is 34.6 Å². The Balaban J connectivity index is 2.12. The minimum absolute atomic E-state index is 0.731. The van der Waals surface area contributed by atoms with Gasteiger partial charge < -0.3 is 9.72 Å². The van der Waals surface area contributed by atoms with Gasteiger partial charge in [-0.1, -0.05) is 6.92 Å². The third-order valence-electron chi connectivity index (χ3n) is 2.68. The molecule has 1 N–H and O–H groups in total. The highest BCUT2D eigenvalue weighted by molar-refractivity contribution is 14.1. The number of nitrogens with one attached hydrogen (secondary N) is 1. The molecule has 3 heterocycles. The van der Waals surface area contributed by atoms with Gasteiger partial charge in [0.2, 0.25) is 0 Å². The molecule has 0 saturated carbocycles. The molecule has 0 aromatic carbocycles. The Morgan fingerprint density at radius 1 is 1.37 bits per heavy atom. The second-order valence-corrected chi connectivity index (χ2v) is 5.38. The van der Waals surface area contributed by atoms with Crippen molar-refractivity contribution in [3.63, 3.8) is 0 Å². The van der Waals surface area contributed by atoms with Crippen molar-refractivity contribution in [1.29, 1.82) is 0 Å². The molecule has 0 amide bonds. The molecule has 6 nitrogen and oxygen atoms in total. The summed E-state index contributed by atoms with van der Waals surface area (Å²) >= 11 is 2.23. The standard InChI is InChI=1S/C12H13IN6/c1-2-3-14-10-8-18-5-4-15-11(18)12(17-10)19-7-9(13)6-16-19/h4-8,14H,2-3H2,1H3. The fourth-order valence-corrected chi connectivity index (χ4v) is 2.21. The number of hydrogen-bond donors (Lipinski definition) is 1. The van der Waals surface area contributed by atoms with Gasteiger partial charge in [-0.15, -0.1) is 0 Å². The Labute approximate surface area is 124 Å². The Bertz CT molecular complexity index is 701. The summed E-state index contributed by atoms with van der Waals surface area (Å²) in [7, 11) is 0. The lowest BCUT2D eigenvalue weighted by Crippen LogP contribution is -2.08. The minimum atomic E-state index is 0.731. The first-order valence-electron chi connectivity index (χ1n) is 6.06. The molecular formula is C12H13IN6. The molecular weight excluding hydrogens is 355 g/mol. The maximum absolute atomic E-state index is 4.60. The molecule has 0 aliphatic carbocycles. The number of halogens is 1. The Hall–Kier alpha value is -1.64. The van der Waals surface area contributed by atoms with Crippen molar-refractivity contribution < 1.29 is 0 Å². The molecule has 0 fully saturated rings. The molecule has 0 spiro atoms. The van der Waals surface area contributed by atoms with Gasteiger partial charge in [0.05, 0.1) is 16.0 Å². The van der Waals surface area contributed by atoms with Crippen LogP contribution in [-0.4, -0.2) is 30.7 Å². The third kappa shape index (κ3) is 2.42. The van der Waals surface area contributed by atoms with Crippen LogP contribution in [0.2, 0.25) is 0 Å². The summed E-state index contributed by atoms with van der Waals surface area (Å²) < 4.78 is 4.77. The summed E-state index contributed by atoms with van der Waals surface area (Å²) in [6.07, 6.45) is 10.4. The predicted octanol–water partition coefficient (Wildman–Crippen LogP) is 2.34. The molecule has 0 bridgehead atoms. The SMILES string of the molecule is CCCNc1cn2ccnc2c(-n2cc(I)cn2)n1. The van der Waals surface area contributed by atoms with Crippen molar-refractivity contribution in [1.82, 2.24) is 24.1 Å². The first-order chi connectivity index (χ1) is 9.28. The Kier molecular flexibility index (Phi) is 3.36. The van der Waals surface area contributed by atoms with Crippen LogP contribution in [0.1, 0.15) is 13.3 Å². The monoisotopic (exact) mass is 368 g/mol. The molecule has 0 aliphatic rings. The van der Waals surface area contributed by atoms with Crippen molar-refractivity contribution in [2.45, 2.75) is 13.3 Å². The van der Waals surface area contributed by atoms with E-state index in [0.29, 0.717) is 0 Å². The number of rotatable bonds is 4. The van der Waals surface area contributed by atoms with E-state index in [-0.39, 0.29) is 0 Å². The van der Waals surface area contributed by atoms with Gasteiger partial charge in [0, 0.05) is 25.1 Å². The number of aromatic nitrogens is 5. The highest BCUT2D eigenvalue weighted by Crippen LogP contribution is 2.16. The average Bonchev–Trinajstić information content (AvgIpc) is 3.03. The van der Waals surface area contributed by atoms with E-state index in [2.05, 4.69) is 49.9 Å². The van der Waals surface area contributed by atoms with E-state index >= 15 is 0 Å². The molecule has 0 unspecified atom stereocenters. The van der Waals surface area contributed by atoms with Gasteiger partial charge >= 0.3 is 0 Å². The molecule has 3 aromatic heterocycles. The van der Waals surface area contributed by atoms with Gasteiger partial charge in [0.25, 0.3) is 0 Å². The summed E-state index contributed by atoms with van der Waals surface area (Å²) in [6, 6.07) is 0. The van der Waals surface area contributed by atoms with Crippen LogP contribution in [-0.2, 0) is 0 Å². The number of hydrogen-bond acceptors (Lipinski definition) is 4. The smallest absolute Gasteiger partial charge is 0.199 e. The van der Waals surface area contributed by atoms with Crippen LogP contribution in [0.25, 0.3) is 11.5 Å². The Morgan fingerprint density at radius 2 is 2.26 bits per heavy atom. The lowest BCUT2D eigenvalue weighted by Gasteiger charge is -2.08. The van der Waals surface area contributed by atoms with Gasteiger partial charge in [0.1, 0.15) is 5.82 Å². The zero-order chi connectivity index (χ0) is 13.2. The van der Waals surface area contributed by atoms with Gasteiger partial charge in [-0.3, -0.25) is 0 Å². The highest BCUT2D eigenvalue weighted by atomic mass is 127. The molecule has 3 rings (SSSR count). The highest BCUT2D eigenvalue weighted by Gasteiger charge is 2.10. The van der Waals surface area contributed by atoms with Crippen molar-refractivity contribution in [3.8, 4) is 5.82 Å². The van der Waals surface area contributed by atoms with Gasteiger partial charge in [-0.05, 0) is 29.0 Å². The average molecular weight is 368 g/mol. The molecule has 0 aliphatic heterocycles. The van der Waals surface area contributed by atoms with Crippen molar-refractivity contribution in [2.24, 2.45) is 0 Å². The number of anilines is 1. The summed E-state index contributed by atoms with van der Waals surface area (Å²) in [5.74, 6) is 1.56. The second kappa shape index (κ2) is 5.16. The lowest BCUT2D eigenvalue weighted by atomic mass is 10.4. The van der Waals surface area contributed by atoms with Crippen LogP contribution in [0.4, 0.5) is 5.82 Å². The van der Waals surface area contributed by atoms with Gasteiger partial charge in [-0.2, -0.15) is 5.10 Å². The maximum atomic E-state index is 4.60. The van der Waals surface area contributed by atoms with E-state index in [9.17, 15) is 0 Å². The number of imidazole rings is 1. The second-order valence-electron chi connectivity index (χ2n) is 4.14. The van der Waals surface area contributed by atoms with Gasteiger partial charge in [0.15, 0.2) is 11.5 Å². The maximum Gasteiger partial charge on any atom is 0.199 e. The predicted molar refractivity (Wildman–Crippen MR) is 81.6 cm³/mol. The summed E-state index contributed by atoms with van der Waals surface area (Å²) in [5.41, 5.74) is 0.793. The molecule has 0 atom stereocenters. The minimum Gasteiger partial charge on any atom is -0.369 e. The normalized spacial score (nSPS) is 11.1. The van der Waals surface area contributed by atoms with Crippen molar-refractivity contribution in [2.75, 3.05) is 11.9 Å². The Morgan fingerprint density at radius 3 is 3.00 bits per heavy atom. The first kappa shape index (κ1) is 12.4. The van der Waals surface area contributed by atoms with Crippen LogP contribution < -0.4 is 5.32 Å². The van der Waals surface area contributed by atoms with Crippen LogP contribution in [0.3, 0.4) is 0 Å². The molecule has 98 valence electrons. The van der Waals surface area contributed by atoms with E-state index < -0.39 is 0 Å². The third-order valence-corrected chi connectivity index (χ3v) is 3.24. The molecule has 3 aromatic rings. The van der Waals surface area contributed by atoms with Gasteiger partial charge in [-0.25, -0.2) is 14.6 Å². The molecule has 7 heteroatoms. The zero-order valence-corrected chi connectivity index (χ0v) is 12.6. The van der Waals surface area contributed by atoms with Crippen LogP contribution >= 0.6 is 22.6 Å². The molecule has 19 heavy (non-hydrogen) atoms. The van der Waals surface area contributed by atoms with Crippen molar-refractivity contribution >= 4 is 34.1 Å². The fraction of sp³-hybridized carbons (Fsp3) is 0.250. The topological polar surface area (TPSA) is 60.0 Å². The summed E-state index contributed by atoms with van der Waals surface area (Å²) in [5, 5.41) is 7.59. The van der Waals surface area contributed by atoms with E-state index in [1.165, 1.54) is 0 Å². The quantitative estimate of drug-likeness (QED) is 0.719. The largest absolute Gasteiger partial charge is 0.369 e. The number of fused-ring (bicyclic) bond motifs is 1. The van der Waals surface area contributed by atoms with E-state index in [0.717, 1.165) is 33.8 Å². The fourth-order valence-electron chi connectivity index (χ4n) is 1.82.